The zero-order valence-corrected chi connectivity index (χ0v) is 18.5. The van der Waals surface area contributed by atoms with Crippen LogP contribution in [0.1, 0.15) is 6.42 Å². The van der Waals surface area contributed by atoms with Crippen LogP contribution in [0.2, 0.25) is 0 Å². The monoisotopic (exact) mass is 475 g/mol. The Kier molecular flexibility index (Phi) is 7.33. The number of morpholine rings is 1. The third-order valence-electron chi connectivity index (χ3n) is 5.38. The maximum Gasteiger partial charge on any atom is 0.307 e. The van der Waals surface area contributed by atoms with Crippen molar-refractivity contribution in [3.63, 3.8) is 0 Å². The van der Waals surface area contributed by atoms with Crippen LogP contribution >= 0.6 is 0 Å². The summed E-state index contributed by atoms with van der Waals surface area (Å²) in [5.41, 5.74) is -0.481. The number of nitro groups is 1. The Labute approximate surface area is 194 Å². The van der Waals surface area contributed by atoms with Crippen LogP contribution in [-0.2, 0) is 4.74 Å². The van der Waals surface area contributed by atoms with Crippen molar-refractivity contribution in [1.82, 2.24) is 9.88 Å². The van der Waals surface area contributed by atoms with Gasteiger partial charge in [-0.1, -0.05) is 0 Å². The topological polar surface area (TPSA) is 96.2 Å². The molecule has 180 valence electrons. The maximum absolute atomic E-state index is 14.3. The second-order valence-corrected chi connectivity index (χ2v) is 7.58. The maximum atomic E-state index is 14.3. The summed E-state index contributed by atoms with van der Waals surface area (Å²) in [6, 6.07) is 5.92. The van der Waals surface area contributed by atoms with Gasteiger partial charge in [-0.05, 0) is 18.6 Å². The smallest absolute Gasteiger partial charge is 0.307 e. The Bertz CT molecular complexity index is 1190. The molecule has 0 unspecified atom stereocenters. The van der Waals surface area contributed by atoms with E-state index in [1.165, 1.54) is 19.4 Å². The van der Waals surface area contributed by atoms with Gasteiger partial charge in [0.05, 0.1) is 43.4 Å². The van der Waals surface area contributed by atoms with Crippen molar-refractivity contribution in [3.8, 4) is 23.0 Å². The number of ether oxygens (including phenoxy) is 4. The third-order valence-corrected chi connectivity index (χ3v) is 5.38. The van der Waals surface area contributed by atoms with Gasteiger partial charge in [0.2, 0.25) is 5.82 Å². The molecule has 0 bridgehead atoms. The lowest BCUT2D eigenvalue weighted by molar-refractivity contribution is -0.387. The lowest BCUT2D eigenvalue weighted by Gasteiger charge is -2.26. The van der Waals surface area contributed by atoms with E-state index in [1.807, 2.05) is 0 Å². The summed E-state index contributed by atoms with van der Waals surface area (Å²) in [5, 5.41) is 11.3. The highest BCUT2D eigenvalue weighted by Crippen LogP contribution is 2.38. The number of fused-ring (bicyclic) bond motifs is 1. The molecule has 0 spiro atoms. The number of hydrogen-bond donors (Lipinski definition) is 0. The normalized spacial score (nSPS) is 14.2. The van der Waals surface area contributed by atoms with E-state index in [0.29, 0.717) is 41.1 Å². The van der Waals surface area contributed by atoms with Crippen molar-refractivity contribution in [2.24, 2.45) is 0 Å². The molecule has 0 radical (unpaired) electrons. The quantitative estimate of drug-likeness (QED) is 0.256. The lowest BCUT2D eigenvalue weighted by atomic mass is 10.1. The Balaban J connectivity index is 1.52. The van der Waals surface area contributed by atoms with E-state index < -0.39 is 28.0 Å². The highest BCUT2D eigenvalue weighted by atomic mass is 19.1. The molecule has 3 aromatic rings. The predicted octanol–water partition coefficient (Wildman–Crippen LogP) is 4.32. The minimum absolute atomic E-state index is 0.175. The Morgan fingerprint density at radius 1 is 1.09 bits per heavy atom. The van der Waals surface area contributed by atoms with Crippen molar-refractivity contribution in [2.75, 3.05) is 46.6 Å². The minimum Gasteiger partial charge on any atom is -0.493 e. The van der Waals surface area contributed by atoms with Gasteiger partial charge in [0, 0.05) is 43.4 Å². The van der Waals surface area contributed by atoms with Crippen LogP contribution in [-0.4, -0.2) is 61.4 Å². The Morgan fingerprint density at radius 2 is 1.88 bits per heavy atom. The number of aromatic nitrogens is 1. The van der Waals surface area contributed by atoms with Crippen LogP contribution in [0, 0.1) is 21.7 Å². The van der Waals surface area contributed by atoms with Gasteiger partial charge in [-0.3, -0.25) is 20.0 Å². The van der Waals surface area contributed by atoms with Crippen molar-refractivity contribution in [2.45, 2.75) is 6.42 Å². The first-order valence-electron chi connectivity index (χ1n) is 10.7. The average Bonchev–Trinajstić information content (AvgIpc) is 2.84. The number of halogens is 2. The fourth-order valence-corrected chi connectivity index (χ4v) is 3.64. The number of hydrogen-bond acceptors (Lipinski definition) is 8. The summed E-state index contributed by atoms with van der Waals surface area (Å²) in [7, 11) is 1.49. The molecule has 2 aromatic carbocycles. The molecule has 0 aliphatic carbocycles. The molecule has 1 aromatic heterocycles. The first-order valence-corrected chi connectivity index (χ1v) is 10.7. The van der Waals surface area contributed by atoms with E-state index in [1.54, 1.807) is 12.1 Å². The Hall–Kier alpha value is -3.57. The zero-order chi connectivity index (χ0) is 24.1. The lowest BCUT2D eigenvalue weighted by Crippen LogP contribution is -2.37. The minimum atomic E-state index is -1.20. The van der Waals surface area contributed by atoms with Crippen LogP contribution in [0.25, 0.3) is 10.9 Å². The first-order chi connectivity index (χ1) is 16.5. The van der Waals surface area contributed by atoms with Crippen LogP contribution in [0.15, 0.2) is 36.5 Å². The van der Waals surface area contributed by atoms with E-state index >= 15 is 0 Å². The van der Waals surface area contributed by atoms with E-state index in [9.17, 15) is 18.9 Å². The molecule has 0 N–H and O–H groups in total. The van der Waals surface area contributed by atoms with E-state index in [4.69, 9.17) is 18.9 Å². The number of methoxy groups -OCH3 is 1. The van der Waals surface area contributed by atoms with E-state index in [0.717, 1.165) is 39.3 Å². The second kappa shape index (κ2) is 10.6. The summed E-state index contributed by atoms with van der Waals surface area (Å²) in [6.07, 6.45) is 2.27. The van der Waals surface area contributed by atoms with Crippen molar-refractivity contribution < 1.29 is 32.7 Å². The molecular formula is C23H23F2N3O6. The summed E-state index contributed by atoms with van der Waals surface area (Å²) < 4.78 is 50.6. The van der Waals surface area contributed by atoms with Crippen LogP contribution in [0.5, 0.6) is 23.0 Å². The van der Waals surface area contributed by atoms with Gasteiger partial charge < -0.3 is 18.9 Å². The van der Waals surface area contributed by atoms with Gasteiger partial charge in [0.1, 0.15) is 5.75 Å². The highest BCUT2D eigenvalue weighted by molar-refractivity contribution is 5.88. The van der Waals surface area contributed by atoms with Crippen LogP contribution in [0.3, 0.4) is 0 Å². The summed E-state index contributed by atoms with van der Waals surface area (Å²) in [5.74, 6) is -1.66. The molecule has 1 fully saturated rings. The zero-order valence-electron chi connectivity index (χ0n) is 18.5. The van der Waals surface area contributed by atoms with Crippen molar-refractivity contribution in [3.05, 3.63) is 58.3 Å². The molecule has 0 atom stereocenters. The average molecular weight is 475 g/mol. The molecule has 34 heavy (non-hydrogen) atoms. The van der Waals surface area contributed by atoms with Crippen LogP contribution in [0.4, 0.5) is 14.5 Å². The van der Waals surface area contributed by atoms with Crippen LogP contribution < -0.4 is 14.2 Å². The molecule has 9 nitrogen and oxygen atoms in total. The van der Waals surface area contributed by atoms with Gasteiger partial charge in [-0.15, -0.1) is 0 Å². The molecule has 1 aliphatic rings. The fraction of sp³-hybridized carbons (Fsp3) is 0.348. The molecule has 11 heteroatoms. The molecule has 1 aliphatic heterocycles. The molecular weight excluding hydrogens is 452 g/mol. The van der Waals surface area contributed by atoms with E-state index in [2.05, 4.69) is 9.88 Å². The summed E-state index contributed by atoms with van der Waals surface area (Å²) >= 11 is 0. The van der Waals surface area contributed by atoms with Crippen molar-refractivity contribution >= 4 is 16.6 Å². The highest BCUT2D eigenvalue weighted by Gasteiger charge is 2.21. The SMILES string of the molecule is COc1cc2c(Oc3cc(F)c([N+](=O)[O-])cc3F)ccnc2cc1OCCCN1CCOCC1. The van der Waals surface area contributed by atoms with Gasteiger partial charge in [-0.25, -0.2) is 4.39 Å². The standard InChI is InChI=1S/C23H23F2N3O6/c1-31-22-11-15-18(14-23(22)33-8-2-5-27-6-9-32-10-7-27)26-4-3-20(15)34-21-13-16(24)19(28(29)30)12-17(21)25/h3-4,11-14H,2,5-10H2,1H3. The fourth-order valence-electron chi connectivity index (χ4n) is 3.64. The van der Waals surface area contributed by atoms with Crippen molar-refractivity contribution in [1.29, 1.82) is 0 Å². The Morgan fingerprint density at radius 3 is 2.62 bits per heavy atom. The van der Waals surface area contributed by atoms with E-state index in [-0.39, 0.29) is 5.75 Å². The molecule has 4 rings (SSSR count). The number of benzene rings is 2. The predicted molar refractivity (Wildman–Crippen MR) is 119 cm³/mol. The largest absolute Gasteiger partial charge is 0.493 e. The van der Waals surface area contributed by atoms with Gasteiger partial charge >= 0.3 is 5.69 Å². The number of nitro benzene ring substituents is 1. The molecule has 1 saturated heterocycles. The molecule has 0 amide bonds. The first kappa shape index (κ1) is 23.6. The van der Waals surface area contributed by atoms with Gasteiger partial charge in [0.15, 0.2) is 23.1 Å². The number of nitrogens with zero attached hydrogens (tertiary/aromatic N) is 3. The van der Waals surface area contributed by atoms with Gasteiger partial charge in [-0.2, -0.15) is 4.39 Å². The third kappa shape index (κ3) is 5.32. The molecule has 0 saturated carbocycles. The molecule has 2 heterocycles. The van der Waals surface area contributed by atoms with Gasteiger partial charge in [0.25, 0.3) is 0 Å². The number of rotatable bonds is 9. The summed E-state index contributed by atoms with van der Waals surface area (Å²) in [4.78, 5) is 16.4. The second-order valence-electron chi connectivity index (χ2n) is 7.58. The summed E-state index contributed by atoms with van der Waals surface area (Å²) in [6.45, 7) is 4.67. The number of pyridine rings is 1.